The zero-order chi connectivity index (χ0) is 21.4. The lowest BCUT2D eigenvalue weighted by atomic mass is 10.0. The van der Waals surface area contributed by atoms with Crippen molar-refractivity contribution in [3.63, 3.8) is 0 Å². The lowest BCUT2D eigenvalue weighted by molar-refractivity contribution is 0.0573. The molecule has 4 rings (SSSR count). The Labute approximate surface area is 175 Å². The number of hydrogen-bond donors (Lipinski definition) is 0. The van der Waals surface area contributed by atoms with E-state index in [1.807, 2.05) is 39.4 Å². The molecule has 158 valence electrons. The molecule has 0 N–H and O–H groups in total. The number of carbonyl (C=O) groups is 2. The minimum absolute atomic E-state index is 0.00153. The molecule has 1 aliphatic rings. The summed E-state index contributed by atoms with van der Waals surface area (Å²) in [6.45, 7) is 7.25. The smallest absolute Gasteiger partial charge is 0.354 e. The first-order chi connectivity index (χ1) is 14.4. The summed E-state index contributed by atoms with van der Waals surface area (Å²) in [5.74, 6) is -0.339. The van der Waals surface area contributed by atoms with Crippen LogP contribution in [0, 0.1) is 6.92 Å². The zero-order valence-electron chi connectivity index (χ0n) is 17.8. The number of ether oxygens (including phenoxy) is 1. The van der Waals surface area contributed by atoms with Crippen molar-refractivity contribution in [3.8, 4) is 0 Å². The highest BCUT2D eigenvalue weighted by Crippen LogP contribution is 2.27. The van der Waals surface area contributed by atoms with Crippen molar-refractivity contribution in [2.45, 2.75) is 45.7 Å². The van der Waals surface area contributed by atoms with Crippen molar-refractivity contribution in [2.75, 3.05) is 20.2 Å². The summed E-state index contributed by atoms with van der Waals surface area (Å²) in [5.41, 5.74) is 2.70. The Hall–Kier alpha value is -3.16. The number of nitrogens with zero attached hydrogens (tertiary/aromatic N) is 5. The van der Waals surface area contributed by atoms with Gasteiger partial charge in [-0.3, -0.25) is 4.79 Å². The number of methoxy groups -OCH3 is 1. The maximum atomic E-state index is 13.2. The van der Waals surface area contributed by atoms with Crippen LogP contribution in [-0.4, -0.2) is 56.3 Å². The number of likely N-dealkylation sites (tertiary alicyclic amines) is 1. The molecule has 1 aliphatic heterocycles. The van der Waals surface area contributed by atoms with E-state index in [0.29, 0.717) is 24.3 Å². The third kappa shape index (κ3) is 3.46. The Morgan fingerprint density at radius 3 is 2.63 bits per heavy atom. The van der Waals surface area contributed by atoms with Crippen molar-refractivity contribution in [3.05, 3.63) is 47.5 Å². The number of carbonyl (C=O) groups excluding carboxylic acids is 2. The number of aromatic nitrogens is 4. The number of esters is 1. The average molecular weight is 409 g/mol. The van der Waals surface area contributed by atoms with E-state index in [9.17, 15) is 9.59 Å². The van der Waals surface area contributed by atoms with E-state index >= 15 is 0 Å². The van der Waals surface area contributed by atoms with Crippen molar-refractivity contribution >= 4 is 22.9 Å². The molecule has 0 unspecified atom stereocenters. The lowest BCUT2D eigenvalue weighted by Gasteiger charge is -2.33. The second-order valence-corrected chi connectivity index (χ2v) is 8.03. The molecule has 30 heavy (non-hydrogen) atoms. The van der Waals surface area contributed by atoms with Gasteiger partial charge in [-0.05, 0) is 51.8 Å². The first-order valence-electron chi connectivity index (χ1n) is 10.3. The molecule has 1 amide bonds. The largest absolute Gasteiger partial charge is 0.464 e. The normalized spacial score (nSPS) is 15.2. The van der Waals surface area contributed by atoms with Gasteiger partial charge >= 0.3 is 5.97 Å². The summed E-state index contributed by atoms with van der Waals surface area (Å²) >= 11 is 0. The summed E-state index contributed by atoms with van der Waals surface area (Å²) in [5, 5.41) is 5.28. The fourth-order valence-electron chi connectivity index (χ4n) is 4.17. The van der Waals surface area contributed by atoms with Crippen LogP contribution in [0.3, 0.4) is 0 Å². The van der Waals surface area contributed by atoms with Crippen LogP contribution < -0.4 is 0 Å². The number of amides is 1. The van der Waals surface area contributed by atoms with E-state index in [4.69, 9.17) is 4.74 Å². The molecular weight excluding hydrogens is 382 g/mol. The van der Waals surface area contributed by atoms with Crippen LogP contribution in [0.2, 0.25) is 0 Å². The standard InChI is InChI=1S/C22H27N5O3/c1-14(2)27-20-16(13-23-27)12-18(15(3)24-20)21(28)25-10-7-17(8-11-25)26-9-5-6-19(26)22(29)30-4/h5-6,9,12-14,17H,7-8,10-11H2,1-4H3. The van der Waals surface area contributed by atoms with E-state index in [-0.39, 0.29) is 24.0 Å². The number of fused-ring (bicyclic) bond motifs is 1. The Morgan fingerprint density at radius 1 is 1.23 bits per heavy atom. The van der Waals surface area contributed by atoms with Gasteiger partial charge in [0.25, 0.3) is 5.91 Å². The number of rotatable bonds is 4. The van der Waals surface area contributed by atoms with Gasteiger partial charge in [0.05, 0.1) is 24.6 Å². The van der Waals surface area contributed by atoms with Crippen LogP contribution in [0.1, 0.15) is 65.3 Å². The molecule has 0 atom stereocenters. The molecule has 8 heteroatoms. The monoisotopic (exact) mass is 409 g/mol. The SMILES string of the molecule is COC(=O)c1cccn1C1CCN(C(=O)c2cc3cnn(C(C)C)c3nc2C)CC1. The van der Waals surface area contributed by atoms with Crippen LogP contribution in [0.4, 0.5) is 0 Å². The second kappa shape index (κ2) is 7.93. The number of hydrogen-bond acceptors (Lipinski definition) is 5. The molecule has 4 heterocycles. The highest BCUT2D eigenvalue weighted by atomic mass is 16.5. The summed E-state index contributed by atoms with van der Waals surface area (Å²) in [4.78, 5) is 31.7. The quantitative estimate of drug-likeness (QED) is 0.617. The fourth-order valence-corrected chi connectivity index (χ4v) is 4.17. The molecule has 0 bridgehead atoms. The molecule has 3 aromatic heterocycles. The van der Waals surface area contributed by atoms with Gasteiger partial charge in [-0.1, -0.05) is 0 Å². The minimum atomic E-state index is -0.338. The van der Waals surface area contributed by atoms with Crippen molar-refractivity contribution in [1.82, 2.24) is 24.2 Å². The second-order valence-electron chi connectivity index (χ2n) is 8.03. The summed E-state index contributed by atoms with van der Waals surface area (Å²) in [6, 6.07) is 5.90. The molecule has 1 fully saturated rings. The summed E-state index contributed by atoms with van der Waals surface area (Å²) < 4.78 is 8.71. The van der Waals surface area contributed by atoms with Crippen molar-refractivity contribution < 1.29 is 14.3 Å². The third-order valence-electron chi connectivity index (χ3n) is 5.80. The van der Waals surface area contributed by atoms with E-state index in [1.165, 1.54) is 7.11 Å². The molecule has 1 saturated heterocycles. The summed E-state index contributed by atoms with van der Waals surface area (Å²) in [6.07, 6.45) is 5.24. The van der Waals surface area contributed by atoms with E-state index in [1.54, 1.807) is 12.3 Å². The maximum Gasteiger partial charge on any atom is 0.354 e. The molecule has 0 aromatic carbocycles. The Bertz CT molecular complexity index is 1090. The van der Waals surface area contributed by atoms with Crippen LogP contribution in [-0.2, 0) is 4.74 Å². The molecule has 0 aliphatic carbocycles. The minimum Gasteiger partial charge on any atom is -0.464 e. The Kier molecular flexibility index (Phi) is 5.32. The Morgan fingerprint density at radius 2 is 1.97 bits per heavy atom. The molecule has 8 nitrogen and oxygen atoms in total. The van der Waals surface area contributed by atoms with Gasteiger partial charge in [0.15, 0.2) is 5.65 Å². The highest BCUT2D eigenvalue weighted by Gasteiger charge is 2.28. The summed E-state index contributed by atoms with van der Waals surface area (Å²) in [7, 11) is 1.39. The van der Waals surface area contributed by atoms with Crippen LogP contribution >= 0.6 is 0 Å². The fraction of sp³-hybridized carbons (Fsp3) is 0.455. The predicted octanol–water partition coefficient (Wildman–Crippen LogP) is 3.39. The lowest BCUT2D eigenvalue weighted by Crippen LogP contribution is -2.39. The van der Waals surface area contributed by atoms with Crippen molar-refractivity contribution in [2.24, 2.45) is 0 Å². The van der Waals surface area contributed by atoms with Crippen molar-refractivity contribution in [1.29, 1.82) is 0 Å². The van der Waals surface area contributed by atoms with Crippen LogP contribution in [0.15, 0.2) is 30.6 Å². The highest BCUT2D eigenvalue weighted by molar-refractivity contribution is 5.98. The van der Waals surface area contributed by atoms with Crippen LogP contribution in [0.5, 0.6) is 0 Å². The molecule has 0 radical (unpaired) electrons. The van der Waals surface area contributed by atoms with Crippen LogP contribution in [0.25, 0.3) is 11.0 Å². The predicted molar refractivity (Wildman–Crippen MR) is 113 cm³/mol. The van der Waals surface area contributed by atoms with Gasteiger partial charge in [-0.25, -0.2) is 14.5 Å². The molecular formula is C22H27N5O3. The van der Waals surface area contributed by atoms with E-state index < -0.39 is 0 Å². The van der Waals surface area contributed by atoms with E-state index in [0.717, 1.165) is 29.6 Å². The van der Waals surface area contributed by atoms with Gasteiger partial charge in [-0.2, -0.15) is 5.10 Å². The topological polar surface area (TPSA) is 82.3 Å². The number of aryl methyl sites for hydroxylation is 1. The molecule has 3 aromatic rings. The third-order valence-corrected chi connectivity index (χ3v) is 5.80. The first-order valence-corrected chi connectivity index (χ1v) is 10.3. The van der Waals surface area contributed by atoms with Gasteiger partial charge in [0.1, 0.15) is 5.69 Å². The zero-order valence-corrected chi connectivity index (χ0v) is 17.8. The molecule has 0 spiro atoms. The van der Waals surface area contributed by atoms with Gasteiger partial charge < -0.3 is 14.2 Å². The first kappa shape index (κ1) is 20.1. The van der Waals surface area contributed by atoms with E-state index in [2.05, 4.69) is 23.9 Å². The average Bonchev–Trinajstić information content (AvgIpc) is 3.39. The maximum absolute atomic E-state index is 13.2. The Balaban J connectivity index is 1.50. The number of pyridine rings is 1. The van der Waals surface area contributed by atoms with Gasteiger partial charge in [0, 0.05) is 36.8 Å². The van der Waals surface area contributed by atoms with Gasteiger partial charge in [0.2, 0.25) is 0 Å². The van der Waals surface area contributed by atoms with Gasteiger partial charge in [-0.15, -0.1) is 0 Å². The number of piperidine rings is 1. The molecule has 0 saturated carbocycles.